The Morgan fingerprint density at radius 2 is 2.38 bits per heavy atom. The van der Waals surface area contributed by atoms with Crippen molar-refractivity contribution >= 4 is 5.97 Å². The molecule has 1 rings (SSSR count). The Balaban J connectivity index is 2.39. The zero-order chi connectivity index (χ0) is 9.84. The Hall–Kier alpha value is -0.610. The molecule has 4 heteroatoms. The molecule has 0 aromatic heterocycles. The van der Waals surface area contributed by atoms with Gasteiger partial charge in [0.05, 0.1) is 0 Å². The number of hydrogen-bond acceptors (Lipinski definition) is 3. The fraction of sp³-hybridized carbons (Fsp3) is 0.889. The average molecular weight is 186 g/mol. The summed E-state index contributed by atoms with van der Waals surface area (Å²) in [5, 5.41) is 11.8. The van der Waals surface area contributed by atoms with Crippen LogP contribution < -0.4 is 11.1 Å². The van der Waals surface area contributed by atoms with E-state index >= 15 is 0 Å². The molecule has 1 aliphatic carbocycles. The van der Waals surface area contributed by atoms with Crippen molar-refractivity contribution in [2.24, 2.45) is 11.7 Å². The number of hydrogen-bond donors (Lipinski definition) is 3. The Morgan fingerprint density at radius 3 is 2.92 bits per heavy atom. The molecular formula is C9H18N2O2. The molecule has 1 fully saturated rings. The maximum Gasteiger partial charge on any atom is 0.320 e. The van der Waals surface area contributed by atoms with Crippen molar-refractivity contribution in [1.29, 1.82) is 0 Å². The molecule has 3 unspecified atom stereocenters. The van der Waals surface area contributed by atoms with Crippen LogP contribution in [0.1, 0.15) is 26.2 Å². The molecule has 1 aliphatic rings. The molecular weight excluding hydrogens is 168 g/mol. The van der Waals surface area contributed by atoms with E-state index in [9.17, 15) is 4.79 Å². The molecule has 0 heterocycles. The van der Waals surface area contributed by atoms with E-state index in [1.807, 2.05) is 0 Å². The molecule has 0 spiro atoms. The van der Waals surface area contributed by atoms with Crippen LogP contribution in [0.2, 0.25) is 0 Å². The average Bonchev–Trinajstić information content (AvgIpc) is 2.51. The van der Waals surface area contributed by atoms with Crippen LogP contribution >= 0.6 is 0 Å². The third kappa shape index (κ3) is 2.67. The summed E-state index contributed by atoms with van der Waals surface area (Å²) in [6.45, 7) is 2.33. The van der Waals surface area contributed by atoms with Gasteiger partial charge in [0.25, 0.3) is 0 Å². The maximum absolute atomic E-state index is 10.6. The van der Waals surface area contributed by atoms with E-state index in [1.54, 1.807) is 6.92 Å². The Labute approximate surface area is 78.5 Å². The van der Waals surface area contributed by atoms with Crippen LogP contribution in [-0.2, 0) is 4.79 Å². The molecule has 3 atom stereocenters. The number of carbonyl (C=O) groups is 1. The summed E-state index contributed by atoms with van der Waals surface area (Å²) in [6, 6.07) is -0.159. The molecule has 0 radical (unpaired) electrons. The summed E-state index contributed by atoms with van der Waals surface area (Å²) in [4.78, 5) is 10.6. The summed E-state index contributed by atoms with van der Waals surface area (Å²) < 4.78 is 0. The topological polar surface area (TPSA) is 75.3 Å². The van der Waals surface area contributed by atoms with Crippen molar-refractivity contribution in [3.05, 3.63) is 0 Å². The highest BCUT2D eigenvalue weighted by Crippen LogP contribution is 2.24. The fourth-order valence-corrected chi connectivity index (χ4v) is 1.93. The van der Waals surface area contributed by atoms with E-state index in [4.69, 9.17) is 10.8 Å². The Kier molecular flexibility index (Phi) is 3.69. The van der Waals surface area contributed by atoms with Crippen molar-refractivity contribution in [2.75, 3.05) is 6.54 Å². The molecule has 4 N–H and O–H groups in total. The van der Waals surface area contributed by atoms with Gasteiger partial charge in [0.1, 0.15) is 6.04 Å². The van der Waals surface area contributed by atoms with Crippen molar-refractivity contribution in [2.45, 2.75) is 38.3 Å². The lowest BCUT2D eigenvalue weighted by Crippen LogP contribution is -2.44. The van der Waals surface area contributed by atoms with Crippen LogP contribution in [-0.4, -0.2) is 29.7 Å². The first kappa shape index (κ1) is 10.5. The standard InChI is InChI=1S/C9H18N2O2/c1-6(9(12)13)11-8-4-2-3-7(8)5-10/h6-8,11H,2-5,10H2,1H3,(H,12,13). The second-order valence-corrected chi connectivity index (χ2v) is 3.76. The monoisotopic (exact) mass is 186 g/mol. The van der Waals surface area contributed by atoms with Gasteiger partial charge >= 0.3 is 5.97 Å². The first-order valence-electron chi connectivity index (χ1n) is 4.84. The number of aliphatic carboxylic acids is 1. The predicted octanol–water partition coefficient (Wildman–Crippen LogP) is 0.177. The van der Waals surface area contributed by atoms with Crippen LogP contribution in [0.25, 0.3) is 0 Å². The van der Waals surface area contributed by atoms with Gasteiger partial charge in [-0.1, -0.05) is 6.42 Å². The molecule has 0 amide bonds. The van der Waals surface area contributed by atoms with Crippen LogP contribution in [0.15, 0.2) is 0 Å². The number of nitrogens with one attached hydrogen (secondary N) is 1. The summed E-state index contributed by atoms with van der Waals surface area (Å²) >= 11 is 0. The molecule has 13 heavy (non-hydrogen) atoms. The smallest absolute Gasteiger partial charge is 0.320 e. The molecule has 76 valence electrons. The number of nitrogens with two attached hydrogens (primary N) is 1. The van der Waals surface area contributed by atoms with Crippen molar-refractivity contribution in [1.82, 2.24) is 5.32 Å². The zero-order valence-corrected chi connectivity index (χ0v) is 7.99. The lowest BCUT2D eigenvalue weighted by molar-refractivity contribution is -0.139. The van der Waals surface area contributed by atoms with E-state index in [0.717, 1.165) is 19.3 Å². The SMILES string of the molecule is CC(NC1CCCC1CN)C(=O)O. The first-order valence-corrected chi connectivity index (χ1v) is 4.84. The number of rotatable bonds is 4. The summed E-state index contributed by atoms with van der Waals surface area (Å²) in [6.07, 6.45) is 3.34. The molecule has 0 aromatic carbocycles. The van der Waals surface area contributed by atoms with Gasteiger partial charge in [-0.15, -0.1) is 0 Å². The van der Waals surface area contributed by atoms with Crippen molar-refractivity contribution < 1.29 is 9.90 Å². The summed E-state index contributed by atoms with van der Waals surface area (Å²) in [5.74, 6) is -0.329. The van der Waals surface area contributed by atoms with Gasteiger partial charge in [-0.2, -0.15) is 0 Å². The van der Waals surface area contributed by atoms with Crippen molar-refractivity contribution in [3.8, 4) is 0 Å². The second kappa shape index (κ2) is 4.58. The predicted molar refractivity (Wildman–Crippen MR) is 50.4 cm³/mol. The lowest BCUT2D eigenvalue weighted by atomic mass is 10.0. The summed E-state index contributed by atoms with van der Waals surface area (Å²) in [7, 11) is 0. The largest absolute Gasteiger partial charge is 0.480 e. The van der Waals surface area contributed by atoms with Crippen LogP contribution in [0, 0.1) is 5.92 Å². The quantitative estimate of drug-likeness (QED) is 0.585. The molecule has 0 aromatic rings. The van der Waals surface area contributed by atoms with Gasteiger partial charge in [-0.05, 0) is 32.2 Å². The molecule has 1 saturated carbocycles. The third-order valence-electron chi connectivity index (χ3n) is 2.80. The maximum atomic E-state index is 10.6. The van der Waals surface area contributed by atoms with E-state index in [1.165, 1.54) is 0 Å². The highest BCUT2D eigenvalue weighted by Gasteiger charge is 2.28. The summed E-state index contributed by atoms with van der Waals surface area (Å²) in [5.41, 5.74) is 5.59. The van der Waals surface area contributed by atoms with Crippen LogP contribution in [0.5, 0.6) is 0 Å². The van der Waals surface area contributed by atoms with Gasteiger partial charge < -0.3 is 16.2 Å². The number of carboxylic acids is 1. The molecule has 4 nitrogen and oxygen atoms in total. The highest BCUT2D eigenvalue weighted by molar-refractivity contribution is 5.72. The van der Waals surface area contributed by atoms with E-state index in [0.29, 0.717) is 18.5 Å². The van der Waals surface area contributed by atoms with E-state index in [-0.39, 0.29) is 0 Å². The minimum absolute atomic E-state index is 0.302. The second-order valence-electron chi connectivity index (χ2n) is 3.76. The Morgan fingerprint density at radius 1 is 1.69 bits per heavy atom. The van der Waals surface area contributed by atoms with Gasteiger partial charge in [0.2, 0.25) is 0 Å². The first-order chi connectivity index (χ1) is 6.15. The van der Waals surface area contributed by atoms with E-state index in [2.05, 4.69) is 5.32 Å². The van der Waals surface area contributed by atoms with E-state index < -0.39 is 12.0 Å². The van der Waals surface area contributed by atoms with Gasteiger partial charge in [0, 0.05) is 6.04 Å². The molecule has 0 bridgehead atoms. The minimum Gasteiger partial charge on any atom is -0.480 e. The molecule has 0 aliphatic heterocycles. The van der Waals surface area contributed by atoms with Gasteiger partial charge in [-0.3, -0.25) is 4.79 Å². The number of carboxylic acid groups (broad SMARTS) is 1. The lowest BCUT2D eigenvalue weighted by Gasteiger charge is -2.21. The zero-order valence-electron chi connectivity index (χ0n) is 7.99. The fourth-order valence-electron chi connectivity index (χ4n) is 1.93. The Bertz CT molecular complexity index is 184. The third-order valence-corrected chi connectivity index (χ3v) is 2.80. The van der Waals surface area contributed by atoms with Crippen molar-refractivity contribution in [3.63, 3.8) is 0 Å². The highest BCUT2D eigenvalue weighted by atomic mass is 16.4. The molecule has 0 saturated heterocycles. The van der Waals surface area contributed by atoms with Gasteiger partial charge in [0.15, 0.2) is 0 Å². The van der Waals surface area contributed by atoms with Crippen LogP contribution in [0.3, 0.4) is 0 Å². The minimum atomic E-state index is -0.789. The van der Waals surface area contributed by atoms with Gasteiger partial charge in [-0.25, -0.2) is 0 Å². The van der Waals surface area contributed by atoms with Crippen LogP contribution in [0.4, 0.5) is 0 Å². The normalized spacial score (nSPS) is 30.3.